The lowest BCUT2D eigenvalue weighted by atomic mass is 10.2. The third-order valence-electron chi connectivity index (χ3n) is 3.36. The Bertz CT molecular complexity index is 555. The van der Waals surface area contributed by atoms with E-state index in [0.29, 0.717) is 18.0 Å². The molecule has 0 saturated carbocycles. The highest BCUT2D eigenvalue weighted by atomic mass is 32.2. The number of nitrogens with one attached hydrogen (secondary N) is 1. The van der Waals surface area contributed by atoms with Crippen LogP contribution in [-0.2, 0) is 16.4 Å². The maximum absolute atomic E-state index is 12.4. The molecule has 1 aromatic rings. The van der Waals surface area contributed by atoms with Gasteiger partial charge < -0.3 is 10.2 Å². The molecule has 0 unspecified atom stereocenters. The Balaban J connectivity index is 2.19. The summed E-state index contributed by atoms with van der Waals surface area (Å²) < 4.78 is 26.3. The Labute approximate surface area is 115 Å². The normalized spacial score (nSPS) is 14.8. The van der Waals surface area contributed by atoms with Crippen LogP contribution in [0.4, 0.5) is 5.69 Å². The average molecular weight is 283 g/mol. The van der Waals surface area contributed by atoms with Gasteiger partial charge in [0.25, 0.3) is 0 Å². The zero-order chi connectivity index (χ0) is 14.0. The summed E-state index contributed by atoms with van der Waals surface area (Å²) >= 11 is 0. The summed E-state index contributed by atoms with van der Waals surface area (Å²) in [7, 11) is 2.12. The molecule has 0 aliphatic carbocycles. The van der Waals surface area contributed by atoms with Crippen LogP contribution in [0.15, 0.2) is 23.1 Å². The molecule has 0 fully saturated rings. The fraction of sp³-hybridized carbons (Fsp3) is 0.538. The van der Waals surface area contributed by atoms with E-state index in [4.69, 9.17) is 0 Å². The quantitative estimate of drug-likeness (QED) is 0.870. The van der Waals surface area contributed by atoms with Crippen LogP contribution in [0, 0.1) is 0 Å². The summed E-state index contributed by atoms with van der Waals surface area (Å²) in [5.74, 6) is 0. The number of fused-ring (bicyclic) bond motifs is 1. The highest BCUT2D eigenvalue weighted by Crippen LogP contribution is 2.26. The number of hydrogen-bond donors (Lipinski definition) is 1. The van der Waals surface area contributed by atoms with Crippen molar-refractivity contribution in [2.75, 3.05) is 46.1 Å². The average Bonchev–Trinajstić information content (AvgIpc) is 2.82. The molecular formula is C13H21N3O2S. The zero-order valence-electron chi connectivity index (χ0n) is 11.7. The van der Waals surface area contributed by atoms with E-state index >= 15 is 0 Å². The summed E-state index contributed by atoms with van der Waals surface area (Å²) in [5, 5.41) is 3.23. The highest BCUT2D eigenvalue weighted by molar-refractivity contribution is 7.89. The van der Waals surface area contributed by atoms with Crippen LogP contribution in [0.3, 0.4) is 0 Å². The third-order valence-corrected chi connectivity index (χ3v) is 5.21. The Hall–Kier alpha value is -1.11. The summed E-state index contributed by atoms with van der Waals surface area (Å²) in [6.45, 7) is 2.09. The van der Waals surface area contributed by atoms with Gasteiger partial charge in [0.1, 0.15) is 0 Å². The fourth-order valence-corrected chi connectivity index (χ4v) is 3.30. The van der Waals surface area contributed by atoms with Gasteiger partial charge in [-0.1, -0.05) is 0 Å². The first-order valence-electron chi connectivity index (χ1n) is 6.39. The van der Waals surface area contributed by atoms with Crippen molar-refractivity contribution >= 4 is 15.7 Å². The molecule has 0 amide bonds. The second-order valence-corrected chi connectivity index (χ2v) is 7.17. The second kappa shape index (κ2) is 5.48. The first-order valence-corrected chi connectivity index (χ1v) is 7.83. The Morgan fingerprint density at radius 2 is 1.95 bits per heavy atom. The van der Waals surface area contributed by atoms with Crippen molar-refractivity contribution in [3.63, 3.8) is 0 Å². The number of rotatable bonds is 5. The van der Waals surface area contributed by atoms with Gasteiger partial charge in [0.2, 0.25) is 10.0 Å². The number of anilines is 1. The molecule has 0 bridgehead atoms. The van der Waals surface area contributed by atoms with Crippen LogP contribution in [0.25, 0.3) is 0 Å². The first kappa shape index (κ1) is 14.3. The van der Waals surface area contributed by atoms with Gasteiger partial charge in [0.05, 0.1) is 4.90 Å². The number of nitrogens with zero attached hydrogens (tertiary/aromatic N) is 2. The summed E-state index contributed by atoms with van der Waals surface area (Å²) in [6, 6.07) is 5.32. The predicted octanol–water partition coefficient (Wildman–Crippen LogP) is 0.837. The van der Waals surface area contributed by atoms with Gasteiger partial charge in [-0.3, -0.25) is 0 Å². The van der Waals surface area contributed by atoms with Gasteiger partial charge in [-0.05, 0) is 44.3 Å². The van der Waals surface area contributed by atoms with E-state index in [2.05, 4.69) is 5.32 Å². The Morgan fingerprint density at radius 3 is 2.63 bits per heavy atom. The molecule has 0 spiro atoms. The van der Waals surface area contributed by atoms with Gasteiger partial charge >= 0.3 is 0 Å². The van der Waals surface area contributed by atoms with Crippen molar-refractivity contribution in [2.45, 2.75) is 11.3 Å². The van der Waals surface area contributed by atoms with E-state index in [0.717, 1.165) is 24.2 Å². The summed E-state index contributed by atoms with van der Waals surface area (Å²) in [5.41, 5.74) is 2.14. The zero-order valence-corrected chi connectivity index (χ0v) is 12.5. The van der Waals surface area contributed by atoms with Crippen LogP contribution in [0.2, 0.25) is 0 Å². The fourth-order valence-electron chi connectivity index (χ4n) is 2.08. The van der Waals surface area contributed by atoms with Crippen LogP contribution >= 0.6 is 0 Å². The van der Waals surface area contributed by atoms with Crippen LogP contribution in [-0.4, -0.2) is 58.4 Å². The number of benzene rings is 1. The Morgan fingerprint density at radius 1 is 1.21 bits per heavy atom. The van der Waals surface area contributed by atoms with Gasteiger partial charge in [0, 0.05) is 32.4 Å². The van der Waals surface area contributed by atoms with E-state index in [9.17, 15) is 8.42 Å². The SMILES string of the molecule is CN(C)CCN(C)S(=O)(=O)c1ccc2c(c1)CCN2. The molecule has 1 aliphatic heterocycles. The van der Waals surface area contributed by atoms with Crippen LogP contribution < -0.4 is 5.32 Å². The van der Waals surface area contributed by atoms with Crippen LogP contribution in [0.1, 0.15) is 5.56 Å². The van der Waals surface area contributed by atoms with Crippen molar-refractivity contribution in [2.24, 2.45) is 0 Å². The van der Waals surface area contributed by atoms with Crippen molar-refractivity contribution in [1.29, 1.82) is 0 Å². The minimum Gasteiger partial charge on any atom is -0.384 e. The van der Waals surface area contributed by atoms with Crippen molar-refractivity contribution < 1.29 is 8.42 Å². The maximum atomic E-state index is 12.4. The lowest BCUT2D eigenvalue weighted by Gasteiger charge is -2.19. The van der Waals surface area contributed by atoms with Crippen LogP contribution in [0.5, 0.6) is 0 Å². The molecule has 0 aromatic heterocycles. The summed E-state index contributed by atoms with van der Waals surface area (Å²) in [6.07, 6.45) is 0.889. The molecule has 0 saturated heterocycles. The minimum atomic E-state index is -3.38. The topological polar surface area (TPSA) is 52.7 Å². The van der Waals surface area contributed by atoms with Gasteiger partial charge in [-0.2, -0.15) is 4.31 Å². The molecule has 6 heteroatoms. The smallest absolute Gasteiger partial charge is 0.242 e. The van der Waals surface area contributed by atoms with E-state index in [1.54, 1.807) is 19.2 Å². The van der Waals surface area contributed by atoms with Gasteiger partial charge in [-0.25, -0.2) is 8.42 Å². The molecule has 1 heterocycles. The molecular weight excluding hydrogens is 262 g/mol. The van der Waals surface area contributed by atoms with E-state index in [-0.39, 0.29) is 0 Å². The summed E-state index contributed by atoms with van der Waals surface area (Å²) in [4.78, 5) is 2.36. The lowest BCUT2D eigenvalue weighted by molar-refractivity contribution is 0.358. The standard InChI is InChI=1S/C13H21N3O2S/c1-15(2)8-9-16(3)19(17,18)12-4-5-13-11(10-12)6-7-14-13/h4-5,10,14H,6-9H2,1-3H3. The number of sulfonamides is 1. The molecule has 5 nitrogen and oxygen atoms in total. The molecule has 1 aliphatic rings. The molecule has 1 N–H and O–H groups in total. The lowest BCUT2D eigenvalue weighted by Crippen LogP contribution is -2.33. The second-order valence-electron chi connectivity index (χ2n) is 5.13. The predicted molar refractivity (Wildman–Crippen MR) is 77.0 cm³/mol. The highest BCUT2D eigenvalue weighted by Gasteiger charge is 2.22. The molecule has 0 atom stereocenters. The van der Waals surface area contributed by atoms with Gasteiger partial charge in [-0.15, -0.1) is 0 Å². The Kier molecular flexibility index (Phi) is 4.13. The largest absolute Gasteiger partial charge is 0.384 e. The molecule has 0 radical (unpaired) electrons. The molecule has 1 aromatic carbocycles. The minimum absolute atomic E-state index is 0.385. The number of likely N-dealkylation sites (N-methyl/N-ethyl adjacent to an activating group) is 2. The monoisotopic (exact) mass is 283 g/mol. The van der Waals surface area contributed by atoms with E-state index in [1.165, 1.54) is 4.31 Å². The van der Waals surface area contributed by atoms with E-state index < -0.39 is 10.0 Å². The van der Waals surface area contributed by atoms with Crippen molar-refractivity contribution in [3.8, 4) is 0 Å². The maximum Gasteiger partial charge on any atom is 0.242 e. The first-order chi connectivity index (χ1) is 8.91. The van der Waals surface area contributed by atoms with E-state index in [1.807, 2.05) is 25.1 Å². The molecule has 19 heavy (non-hydrogen) atoms. The van der Waals surface area contributed by atoms with Crippen molar-refractivity contribution in [1.82, 2.24) is 9.21 Å². The molecule has 2 rings (SSSR count). The number of hydrogen-bond acceptors (Lipinski definition) is 4. The third kappa shape index (κ3) is 3.08. The molecule has 106 valence electrons. The van der Waals surface area contributed by atoms with Crippen molar-refractivity contribution in [3.05, 3.63) is 23.8 Å². The van der Waals surface area contributed by atoms with Gasteiger partial charge in [0.15, 0.2) is 0 Å².